The first-order valence-electron chi connectivity index (χ1n) is 20.2. The van der Waals surface area contributed by atoms with Gasteiger partial charge in [-0.3, -0.25) is 42.9 Å². The minimum absolute atomic E-state index is 0.0148. The van der Waals surface area contributed by atoms with E-state index in [1.165, 1.54) is 0 Å². The number of amides is 2. The predicted molar refractivity (Wildman–Crippen MR) is 224 cm³/mol. The molecule has 0 bridgehead atoms. The molecule has 1 aromatic carbocycles. The van der Waals surface area contributed by atoms with Crippen LogP contribution in [-0.4, -0.2) is 123 Å². The summed E-state index contributed by atoms with van der Waals surface area (Å²) >= 11 is 0. The molecule has 6 heterocycles. The monoisotopic (exact) mass is 958 g/mol. The summed E-state index contributed by atoms with van der Waals surface area (Å²) in [5, 5.41) is 33.8. The van der Waals surface area contributed by atoms with Crippen molar-refractivity contribution in [2.24, 2.45) is 5.92 Å². The van der Waals surface area contributed by atoms with Crippen molar-refractivity contribution >= 4 is 61.1 Å². The fraction of sp³-hybridized carbons (Fsp3) is 0.474. The number of nitrogens with one attached hydrogen (secondary N) is 3. The summed E-state index contributed by atoms with van der Waals surface area (Å²) < 4.78 is 93.4. The van der Waals surface area contributed by atoms with Gasteiger partial charge < -0.3 is 38.4 Å². The number of alkyl halides is 2. The molecule has 66 heavy (non-hydrogen) atoms. The molecule has 7 rings (SSSR count). The molecule has 28 heteroatoms. The summed E-state index contributed by atoms with van der Waals surface area (Å²) in [6.07, 6.45) is -9.33. The molecule has 2 saturated heterocycles. The highest BCUT2D eigenvalue weighted by Crippen LogP contribution is 2.62. The van der Waals surface area contributed by atoms with Crippen molar-refractivity contribution in [1.29, 1.82) is 10.5 Å². The van der Waals surface area contributed by atoms with E-state index in [1.807, 2.05) is 6.07 Å². The van der Waals surface area contributed by atoms with Gasteiger partial charge in [-0.25, -0.2) is 28.7 Å². The lowest BCUT2D eigenvalue weighted by Gasteiger charge is -2.29. The average Bonchev–Trinajstić information content (AvgIpc) is 4.08. The number of benzene rings is 1. The molecule has 24 nitrogen and oxygen atoms in total. The maximum Gasteiger partial charge on any atom is 0.339 e. The van der Waals surface area contributed by atoms with E-state index in [0.717, 1.165) is 28.1 Å². The lowest BCUT2D eigenvalue weighted by Crippen LogP contribution is -2.36. The number of aliphatic hydroxyl groups is 1. The van der Waals surface area contributed by atoms with Crippen LogP contribution in [0.1, 0.15) is 55.9 Å². The first-order chi connectivity index (χ1) is 31.6. The number of halogens is 2. The van der Waals surface area contributed by atoms with Gasteiger partial charge in [-0.1, -0.05) is 32.0 Å². The quantitative estimate of drug-likeness (QED) is 0.0582. The molecule has 5 aromatic rings. The predicted octanol–water partition coefficient (Wildman–Crippen LogP) is 3.65. The number of hydrogen-bond donors (Lipinski definition) is 5. The van der Waals surface area contributed by atoms with E-state index in [2.05, 4.69) is 40.5 Å². The van der Waals surface area contributed by atoms with Gasteiger partial charge in [0.05, 0.1) is 57.6 Å². The summed E-state index contributed by atoms with van der Waals surface area (Å²) in [4.78, 5) is 72.6. The van der Waals surface area contributed by atoms with Gasteiger partial charge in [-0.15, -0.1) is 0 Å². The number of carbonyl (C=O) groups is 2. The number of fused-ring (bicyclic) bond motifs is 2. The molecule has 0 radical (unpaired) electrons. The Hall–Kier alpha value is -5.92. The Balaban J connectivity index is 1.20. The highest BCUT2D eigenvalue weighted by molar-refractivity contribution is 7.55. The average molecular weight is 959 g/mol. The van der Waals surface area contributed by atoms with E-state index in [9.17, 15) is 28.9 Å². The number of unbranched alkanes of at least 4 members (excludes halogenated alkanes) is 1. The van der Waals surface area contributed by atoms with Crippen molar-refractivity contribution in [3.8, 4) is 12.1 Å². The van der Waals surface area contributed by atoms with E-state index in [1.54, 1.807) is 50.2 Å². The van der Waals surface area contributed by atoms with E-state index in [4.69, 9.17) is 33.6 Å². The summed E-state index contributed by atoms with van der Waals surface area (Å²) in [5.41, 5.74) is -5.33. The SMILES string of the molecule is CC(C)C(=O)Nc1nc2c(ncn2C2OC(COP(=O)(OCCCC#N)[C@@H]3C(CO)OC(n4cnc5c(NC(=O)c6ccccc6)ncnc54)[C@@H]3F)[C@@H](P(=O)(O)OCCC#N)[C@H]2F)c(=O)[nH]1. The van der Waals surface area contributed by atoms with Gasteiger partial charge in [0.1, 0.15) is 29.9 Å². The molecule has 10 atom stereocenters. The second-order valence-electron chi connectivity index (χ2n) is 15.2. The van der Waals surface area contributed by atoms with Crippen molar-refractivity contribution in [2.45, 2.75) is 81.4 Å². The van der Waals surface area contributed by atoms with Crippen molar-refractivity contribution in [1.82, 2.24) is 39.0 Å². The van der Waals surface area contributed by atoms with E-state index in [0.29, 0.717) is 5.56 Å². The zero-order valence-corrected chi connectivity index (χ0v) is 36.7. The van der Waals surface area contributed by atoms with Crippen LogP contribution in [0.25, 0.3) is 22.3 Å². The number of hydrogen-bond acceptors (Lipinski definition) is 18. The summed E-state index contributed by atoms with van der Waals surface area (Å²) in [7, 11) is -10.2. The molecule has 6 unspecified atom stereocenters. The number of rotatable bonds is 19. The van der Waals surface area contributed by atoms with Crippen molar-refractivity contribution in [3.63, 3.8) is 0 Å². The minimum Gasteiger partial charge on any atom is -0.394 e. The van der Waals surface area contributed by atoms with Gasteiger partial charge in [-0.2, -0.15) is 15.5 Å². The van der Waals surface area contributed by atoms with Crippen LogP contribution >= 0.6 is 15.2 Å². The highest BCUT2D eigenvalue weighted by atomic mass is 31.2. The number of aromatic amines is 1. The molecule has 0 aliphatic carbocycles. The van der Waals surface area contributed by atoms with E-state index < -0.39 is 113 Å². The molecule has 2 aliphatic rings. The number of nitriles is 2. The van der Waals surface area contributed by atoms with Crippen LogP contribution in [0, 0.1) is 28.6 Å². The van der Waals surface area contributed by atoms with Crippen molar-refractivity contribution in [3.05, 3.63) is 65.2 Å². The van der Waals surface area contributed by atoms with Crippen LogP contribution < -0.4 is 16.2 Å². The number of aliphatic hydroxyl groups excluding tert-OH is 1. The number of ether oxygens (including phenoxy) is 2. The highest BCUT2D eigenvalue weighted by Gasteiger charge is 2.60. The Bertz CT molecular complexity index is 2820. The molecular formula is C38H42F2N12O12P2. The van der Waals surface area contributed by atoms with E-state index in [-0.39, 0.29) is 53.4 Å². The maximum atomic E-state index is 17.1. The van der Waals surface area contributed by atoms with Gasteiger partial charge in [-0.05, 0) is 18.6 Å². The van der Waals surface area contributed by atoms with Crippen molar-refractivity contribution < 1.29 is 60.5 Å². The third-order valence-corrected chi connectivity index (χ3v) is 14.8. The standard InChI is InChI=1S/C38H42F2N12O12P2/c1-20(2)33(54)49-38-48-32-27(35(56)50-38)46-19-52(32)36-24(39)28(65(57,58)60-14-8-12-42)23(64-36)16-62-66(59,61-13-7-6-11-41)29-22(15-53)63-37(25(29)40)51-18-45-26-30(43-17-44-31(26)51)47-34(55)21-9-4-3-5-10-21/h3-5,9-10,17-20,22-25,28-29,36-37,53H,6-8,13-16H2,1-2H3,(H,57,58)(H,43,44,47,55)(H2,48,49,50,54,56)/t22?,23?,24-,25-,28-,29-,36?,37?,66?/m1/s1. The molecule has 4 aromatic heterocycles. The van der Waals surface area contributed by atoms with Gasteiger partial charge in [0.2, 0.25) is 11.9 Å². The minimum atomic E-state index is -5.16. The van der Waals surface area contributed by atoms with Crippen LogP contribution in [0.15, 0.2) is 54.1 Å². The number of carbonyl (C=O) groups excluding carboxylic acids is 2. The summed E-state index contributed by atoms with van der Waals surface area (Å²) in [6, 6.07) is 11.8. The van der Waals surface area contributed by atoms with E-state index >= 15 is 13.3 Å². The Morgan fingerprint density at radius 1 is 0.894 bits per heavy atom. The molecule has 0 spiro atoms. The number of imidazole rings is 2. The third-order valence-electron chi connectivity index (χ3n) is 10.5. The fourth-order valence-electron chi connectivity index (χ4n) is 7.28. The molecular weight excluding hydrogens is 916 g/mol. The second kappa shape index (κ2) is 20.3. The van der Waals surface area contributed by atoms with Crippen LogP contribution in [0.2, 0.25) is 0 Å². The molecule has 2 aliphatic heterocycles. The number of nitrogens with zero attached hydrogens (tertiary/aromatic N) is 9. The molecule has 2 amide bonds. The van der Waals surface area contributed by atoms with Crippen LogP contribution in [-0.2, 0) is 37.0 Å². The fourth-order valence-corrected chi connectivity index (χ4v) is 11.1. The summed E-state index contributed by atoms with van der Waals surface area (Å²) in [5.74, 6) is -1.96. The Morgan fingerprint density at radius 3 is 2.24 bits per heavy atom. The Labute approximate surface area is 372 Å². The largest absolute Gasteiger partial charge is 0.394 e. The first-order valence-corrected chi connectivity index (χ1v) is 23.5. The summed E-state index contributed by atoms with van der Waals surface area (Å²) in [6.45, 7) is 0.0775. The van der Waals surface area contributed by atoms with Gasteiger partial charge in [0.25, 0.3) is 11.5 Å². The van der Waals surface area contributed by atoms with Crippen LogP contribution in [0.3, 0.4) is 0 Å². The van der Waals surface area contributed by atoms with Crippen LogP contribution in [0.4, 0.5) is 20.5 Å². The number of aromatic nitrogens is 8. The topological polar surface area (TPSA) is 334 Å². The van der Waals surface area contributed by atoms with Gasteiger partial charge >= 0.3 is 15.2 Å². The van der Waals surface area contributed by atoms with Gasteiger partial charge in [0.15, 0.2) is 52.9 Å². The molecule has 350 valence electrons. The van der Waals surface area contributed by atoms with Gasteiger partial charge in [0, 0.05) is 17.9 Å². The molecule has 5 N–H and O–H groups in total. The lowest BCUT2D eigenvalue weighted by atomic mass is 10.2. The number of anilines is 2. The Kier molecular flexibility index (Phi) is 14.8. The normalized spacial score (nSPS) is 24.7. The Morgan fingerprint density at radius 2 is 1.56 bits per heavy atom. The zero-order chi connectivity index (χ0) is 47.3. The smallest absolute Gasteiger partial charge is 0.339 e. The zero-order valence-electron chi connectivity index (χ0n) is 34.9. The second-order valence-corrected chi connectivity index (χ2v) is 19.3. The molecule has 2 fully saturated rings. The third kappa shape index (κ3) is 9.78. The number of H-pyrrole nitrogens is 1. The molecule has 0 saturated carbocycles. The maximum absolute atomic E-state index is 17.1. The first kappa shape index (κ1) is 48.0. The lowest BCUT2D eigenvalue weighted by molar-refractivity contribution is -0.118. The van der Waals surface area contributed by atoms with Crippen molar-refractivity contribution in [2.75, 3.05) is 37.1 Å². The van der Waals surface area contributed by atoms with Crippen LogP contribution in [0.5, 0.6) is 0 Å².